The van der Waals surface area contributed by atoms with Crippen LogP contribution in [0.2, 0.25) is 5.15 Å². The Morgan fingerprint density at radius 1 is 0.524 bits per heavy atom. The zero-order valence-electron chi connectivity index (χ0n) is 46.4. The van der Waals surface area contributed by atoms with Crippen molar-refractivity contribution < 1.29 is 18.9 Å². The molecule has 18 nitrogen and oxygen atoms in total. The van der Waals surface area contributed by atoms with E-state index in [9.17, 15) is 0 Å². The first-order valence-electron chi connectivity index (χ1n) is 28.5. The lowest BCUT2D eigenvalue weighted by molar-refractivity contribution is 0.0383. The highest BCUT2D eigenvalue weighted by Gasteiger charge is 2.22. The van der Waals surface area contributed by atoms with Crippen LogP contribution in [0.15, 0.2) is 97.1 Å². The molecule has 14 rings (SSSR count). The van der Waals surface area contributed by atoms with Gasteiger partial charge in [-0.15, -0.1) is 0 Å². The molecule has 0 saturated carbocycles. The van der Waals surface area contributed by atoms with Crippen LogP contribution in [0, 0.1) is 0 Å². The van der Waals surface area contributed by atoms with E-state index in [2.05, 4.69) is 115 Å². The number of anilines is 5. The lowest BCUT2D eigenvalue weighted by atomic mass is 10.1. The number of aromatic nitrogens is 8. The summed E-state index contributed by atoms with van der Waals surface area (Å²) in [6.07, 6.45) is 12.5. The molecule has 4 fully saturated rings. The van der Waals surface area contributed by atoms with Crippen molar-refractivity contribution in [3.05, 3.63) is 136 Å². The van der Waals surface area contributed by atoms with Gasteiger partial charge in [0.05, 0.1) is 86.7 Å². The van der Waals surface area contributed by atoms with Gasteiger partial charge in [-0.3, -0.25) is 19.2 Å². The van der Waals surface area contributed by atoms with E-state index in [4.69, 9.17) is 61.4 Å². The number of halogens is 1. The van der Waals surface area contributed by atoms with Crippen molar-refractivity contribution in [3.63, 3.8) is 0 Å². The van der Waals surface area contributed by atoms with Gasteiger partial charge in [-0.1, -0.05) is 79.7 Å². The molecule has 82 heavy (non-hydrogen) atoms. The maximum atomic E-state index is 6.35. The number of allylic oxidation sites excluding steroid dienone is 2. The lowest BCUT2D eigenvalue weighted by Crippen LogP contribution is -2.37. The van der Waals surface area contributed by atoms with Gasteiger partial charge in [0.25, 0.3) is 0 Å². The predicted octanol–water partition coefficient (Wildman–Crippen LogP) is 8.92. The summed E-state index contributed by atoms with van der Waals surface area (Å²) in [5, 5.41) is 16.1. The Morgan fingerprint density at radius 3 is 1.54 bits per heavy atom. The zero-order valence-corrected chi connectivity index (χ0v) is 47.2. The molecule has 0 spiro atoms. The molecule has 4 saturated heterocycles. The average molecular weight is 1130 g/mol. The SMILES string of the molecule is C.Cn1nc(CCN2CCOCC2)c2ccc(-c3cc(Cl)nc(N4CCOCC4)n3)cc21.Cn1nc(CCN2CCOCC2)c2ccc(-c3cc(Nc4ccc5c(c4)CC=C5)nc(N4CCOCC4)n3)cc21.Nc1ccc2c(c1)CC=C2. The normalized spacial score (nSPS) is 17.0. The minimum atomic E-state index is 0. The molecule has 4 aliphatic heterocycles. The van der Waals surface area contributed by atoms with Crippen LogP contribution in [0.5, 0.6) is 0 Å². The molecule has 0 atom stereocenters. The molecular formula is C63H75ClN14O4. The molecule has 3 N–H and O–H groups in total. The minimum Gasteiger partial charge on any atom is -0.399 e. The molecule has 19 heteroatoms. The van der Waals surface area contributed by atoms with Gasteiger partial charge < -0.3 is 39.8 Å². The van der Waals surface area contributed by atoms with Gasteiger partial charge in [0.1, 0.15) is 11.0 Å². The van der Waals surface area contributed by atoms with Crippen molar-refractivity contribution >= 4 is 74.6 Å². The summed E-state index contributed by atoms with van der Waals surface area (Å²) in [4.78, 5) is 28.4. The second-order valence-corrected chi connectivity index (χ2v) is 21.6. The van der Waals surface area contributed by atoms with Crippen LogP contribution in [-0.2, 0) is 58.7 Å². The van der Waals surface area contributed by atoms with E-state index in [0.717, 1.165) is 186 Å². The molecule has 0 amide bonds. The summed E-state index contributed by atoms with van der Waals surface area (Å²) in [5.41, 5.74) is 21.0. The van der Waals surface area contributed by atoms with Crippen LogP contribution in [0.4, 0.5) is 29.1 Å². The standard InChI is InChI=1S/C31H35N7O2.C22H27ClN6O2.C9H9N.CH4/c1-36-29-20-24(6-8-26(29)27(35-36)9-10-37-11-15-39-16-12-37)28-21-30(34-31(33-28)38-13-17-40-18-14-38)32-25-7-5-22-3-2-4-23(22)19-25;1-27-20-14-16(19-15-21(23)25-22(24-19)29-8-12-31-13-9-29)2-3-17(20)18(26-27)4-5-28-6-10-30-11-7-28;10-9-5-4-7-2-1-3-8(7)6-9;/h2-3,5-8,19-21H,4,9-18H2,1H3,(H,32,33,34);2-3,14-15H,4-13H2,1H3;1-2,4-6H,3,10H2;1H4. The van der Waals surface area contributed by atoms with Crippen molar-refractivity contribution in [1.82, 2.24) is 49.3 Å². The van der Waals surface area contributed by atoms with E-state index in [-0.39, 0.29) is 7.43 Å². The van der Waals surface area contributed by atoms with Crippen molar-refractivity contribution in [2.75, 3.05) is 139 Å². The Hall–Kier alpha value is -7.29. The van der Waals surface area contributed by atoms with Gasteiger partial charge in [0.2, 0.25) is 11.9 Å². The minimum absolute atomic E-state index is 0. The maximum absolute atomic E-state index is 6.35. The Labute approximate surface area is 485 Å². The van der Waals surface area contributed by atoms with Gasteiger partial charge >= 0.3 is 0 Å². The molecule has 4 aromatic heterocycles. The molecule has 0 radical (unpaired) electrons. The van der Waals surface area contributed by atoms with E-state index in [1.807, 2.05) is 47.7 Å². The summed E-state index contributed by atoms with van der Waals surface area (Å²) in [6, 6.07) is 29.4. The molecule has 2 aliphatic carbocycles. The second kappa shape index (κ2) is 26.3. The highest BCUT2D eigenvalue weighted by atomic mass is 35.5. The quantitative estimate of drug-likeness (QED) is 0.0876. The lowest BCUT2D eigenvalue weighted by Gasteiger charge is -2.27. The Morgan fingerprint density at radius 2 is 1.00 bits per heavy atom. The molecule has 8 aromatic rings. The largest absolute Gasteiger partial charge is 0.399 e. The number of rotatable bonds is 12. The average Bonchev–Trinajstić information content (AvgIpc) is 4.52. The van der Waals surface area contributed by atoms with Crippen LogP contribution in [0.25, 0.3) is 56.5 Å². The van der Waals surface area contributed by atoms with Crippen LogP contribution >= 0.6 is 11.6 Å². The number of benzene rings is 4. The fourth-order valence-electron chi connectivity index (χ4n) is 11.3. The molecule has 4 aromatic carbocycles. The summed E-state index contributed by atoms with van der Waals surface area (Å²) in [7, 11) is 4.02. The van der Waals surface area contributed by atoms with Crippen LogP contribution in [0.3, 0.4) is 0 Å². The van der Waals surface area contributed by atoms with Gasteiger partial charge in [0, 0.05) is 138 Å². The fraction of sp³-hybridized carbons (Fsp3) is 0.397. The smallest absolute Gasteiger partial charge is 0.228 e. The Kier molecular flexibility index (Phi) is 18.1. The molecule has 428 valence electrons. The number of nitrogens with zero attached hydrogens (tertiary/aromatic N) is 12. The van der Waals surface area contributed by atoms with E-state index in [1.165, 1.54) is 33.0 Å². The van der Waals surface area contributed by atoms with Gasteiger partial charge in [-0.05, 0) is 71.5 Å². The van der Waals surface area contributed by atoms with Gasteiger partial charge in [-0.25, -0.2) is 15.0 Å². The second-order valence-electron chi connectivity index (χ2n) is 21.2. The maximum Gasteiger partial charge on any atom is 0.228 e. The highest BCUT2D eigenvalue weighted by molar-refractivity contribution is 6.29. The van der Waals surface area contributed by atoms with Crippen LogP contribution in [-0.4, -0.2) is 168 Å². The number of ether oxygens (including phenoxy) is 4. The van der Waals surface area contributed by atoms with Crippen molar-refractivity contribution in [2.24, 2.45) is 14.1 Å². The fourth-order valence-corrected chi connectivity index (χ4v) is 11.5. The highest BCUT2D eigenvalue weighted by Crippen LogP contribution is 2.32. The van der Waals surface area contributed by atoms with E-state index in [1.54, 1.807) is 0 Å². The first-order chi connectivity index (χ1) is 39.7. The van der Waals surface area contributed by atoms with Crippen LogP contribution in [0.1, 0.15) is 41.1 Å². The molecule has 0 unspecified atom stereocenters. The number of nitrogens with one attached hydrogen (secondary N) is 1. The molecule has 6 aliphatic rings. The third-order valence-corrected chi connectivity index (χ3v) is 16.0. The Bertz CT molecular complexity index is 3560. The van der Waals surface area contributed by atoms with Crippen LogP contribution < -0.4 is 20.9 Å². The monoisotopic (exact) mass is 1130 g/mol. The molecule has 0 bridgehead atoms. The van der Waals surface area contributed by atoms with E-state index >= 15 is 0 Å². The Balaban J connectivity index is 0.000000148. The molecular weight excluding hydrogens is 1050 g/mol. The zero-order chi connectivity index (χ0) is 55.1. The van der Waals surface area contributed by atoms with E-state index < -0.39 is 0 Å². The van der Waals surface area contributed by atoms with E-state index in [0.29, 0.717) is 37.5 Å². The molecule has 8 heterocycles. The summed E-state index contributed by atoms with van der Waals surface area (Å²) in [6.45, 7) is 15.1. The number of hydrogen-bond donors (Lipinski definition) is 2. The van der Waals surface area contributed by atoms with Crippen molar-refractivity contribution in [1.29, 1.82) is 0 Å². The number of aryl methyl sites for hydroxylation is 2. The summed E-state index contributed by atoms with van der Waals surface area (Å²) >= 11 is 6.35. The van der Waals surface area contributed by atoms with Crippen molar-refractivity contribution in [3.8, 4) is 22.5 Å². The third-order valence-electron chi connectivity index (χ3n) is 15.8. The third kappa shape index (κ3) is 13.5. The number of hydrogen-bond acceptors (Lipinski definition) is 16. The number of nitrogens with two attached hydrogens (primary N) is 1. The first-order valence-corrected chi connectivity index (χ1v) is 28.8. The number of nitrogen functional groups attached to an aromatic ring is 1. The predicted molar refractivity (Wildman–Crippen MR) is 329 cm³/mol. The summed E-state index contributed by atoms with van der Waals surface area (Å²) in [5.74, 6) is 2.17. The van der Waals surface area contributed by atoms with Gasteiger partial charge in [-0.2, -0.15) is 15.2 Å². The first kappa shape index (κ1) is 56.6. The van der Waals surface area contributed by atoms with Crippen molar-refractivity contribution in [2.45, 2.75) is 33.1 Å². The number of morpholine rings is 4. The topological polar surface area (TPSA) is 175 Å². The summed E-state index contributed by atoms with van der Waals surface area (Å²) < 4.78 is 25.9. The van der Waals surface area contributed by atoms with Gasteiger partial charge in [0.15, 0.2) is 0 Å². The number of fused-ring (bicyclic) bond motifs is 4.